The molecule has 0 aromatic heterocycles. The number of carbonyl (C=O) groups is 2. The van der Waals surface area contributed by atoms with E-state index in [1.54, 1.807) is 0 Å². The molecule has 5 nitrogen and oxygen atoms in total. The fraction of sp³-hybridized carbons (Fsp3) is 0.857. The van der Waals surface area contributed by atoms with Crippen LogP contribution < -0.4 is 10.6 Å². The lowest BCUT2D eigenvalue weighted by molar-refractivity contribution is -0.137. The van der Waals surface area contributed by atoms with Crippen molar-refractivity contribution in [1.29, 1.82) is 0 Å². The second-order valence-electron chi connectivity index (χ2n) is 7.42. The minimum absolute atomic E-state index is 0.0216. The Bertz CT molecular complexity index is 358. The first kappa shape index (κ1) is 15.8. The fourth-order valence-corrected chi connectivity index (χ4v) is 2.22. The van der Waals surface area contributed by atoms with Crippen LogP contribution in [0.4, 0.5) is 4.79 Å². The molecule has 1 fully saturated rings. The van der Waals surface area contributed by atoms with Crippen LogP contribution >= 0.6 is 0 Å². The second kappa shape index (κ2) is 5.39. The maximum Gasteiger partial charge on any atom is 0.315 e. The Morgan fingerprint density at radius 2 is 1.89 bits per heavy atom. The summed E-state index contributed by atoms with van der Waals surface area (Å²) < 4.78 is 0. The third-order valence-corrected chi connectivity index (χ3v) is 3.43. The summed E-state index contributed by atoms with van der Waals surface area (Å²) in [5.41, 5.74) is 0.149. The smallest absolute Gasteiger partial charge is 0.315 e. The highest BCUT2D eigenvalue weighted by atomic mass is 16.4. The van der Waals surface area contributed by atoms with Crippen molar-refractivity contribution in [1.82, 2.24) is 10.6 Å². The number of hydrogen-bond donors (Lipinski definition) is 3. The molecule has 2 amide bonds. The lowest BCUT2D eigenvalue weighted by Gasteiger charge is -2.26. The average Bonchev–Trinajstić information content (AvgIpc) is 2.67. The Balaban J connectivity index is 2.47. The highest BCUT2D eigenvalue weighted by molar-refractivity contribution is 5.76. The van der Waals surface area contributed by atoms with Gasteiger partial charge in [0.15, 0.2) is 0 Å². The molecule has 0 aromatic rings. The van der Waals surface area contributed by atoms with Gasteiger partial charge < -0.3 is 15.7 Å². The summed E-state index contributed by atoms with van der Waals surface area (Å²) in [6, 6.07) is -0.391. The number of urea groups is 1. The van der Waals surface area contributed by atoms with E-state index in [0.29, 0.717) is 6.42 Å². The van der Waals surface area contributed by atoms with Crippen molar-refractivity contribution in [2.75, 3.05) is 0 Å². The molecule has 5 heteroatoms. The Morgan fingerprint density at radius 1 is 1.37 bits per heavy atom. The Morgan fingerprint density at radius 3 is 2.26 bits per heavy atom. The zero-order valence-corrected chi connectivity index (χ0v) is 12.5. The van der Waals surface area contributed by atoms with Crippen LogP contribution in [0, 0.1) is 10.8 Å². The highest BCUT2D eigenvalue weighted by Crippen LogP contribution is 2.44. The molecule has 2 unspecified atom stereocenters. The summed E-state index contributed by atoms with van der Waals surface area (Å²) in [5, 5.41) is 14.6. The first-order valence-corrected chi connectivity index (χ1v) is 6.78. The standard InChI is InChI=1S/C14H26N2O3/c1-13(2,3)7-9(6-11(17)18)15-12(19)16-10-8-14(10,4)5/h9-10H,6-8H2,1-5H3,(H,17,18)(H2,15,16,19). The molecule has 1 saturated carbocycles. The number of rotatable bonds is 5. The van der Waals surface area contributed by atoms with Crippen molar-refractivity contribution < 1.29 is 14.7 Å². The molecule has 1 rings (SSSR count). The summed E-state index contributed by atoms with van der Waals surface area (Å²) in [4.78, 5) is 22.7. The first-order valence-electron chi connectivity index (χ1n) is 6.78. The van der Waals surface area contributed by atoms with E-state index < -0.39 is 5.97 Å². The van der Waals surface area contributed by atoms with E-state index in [2.05, 4.69) is 24.5 Å². The van der Waals surface area contributed by atoms with Crippen molar-refractivity contribution in [3.05, 3.63) is 0 Å². The molecule has 0 spiro atoms. The number of amides is 2. The molecule has 0 radical (unpaired) electrons. The minimum Gasteiger partial charge on any atom is -0.481 e. The molecule has 1 aliphatic rings. The van der Waals surface area contributed by atoms with Crippen LogP contribution in [0.15, 0.2) is 0 Å². The number of nitrogens with one attached hydrogen (secondary N) is 2. The lowest BCUT2D eigenvalue weighted by atomic mass is 9.87. The maximum absolute atomic E-state index is 11.8. The van der Waals surface area contributed by atoms with Gasteiger partial charge in [-0.2, -0.15) is 0 Å². The largest absolute Gasteiger partial charge is 0.481 e. The zero-order chi connectivity index (χ0) is 14.8. The van der Waals surface area contributed by atoms with Crippen molar-refractivity contribution in [2.24, 2.45) is 10.8 Å². The maximum atomic E-state index is 11.8. The molecular formula is C14H26N2O3. The van der Waals surface area contributed by atoms with Gasteiger partial charge in [-0.25, -0.2) is 4.79 Å². The summed E-state index contributed by atoms with van der Waals surface area (Å²) in [6.45, 7) is 10.3. The fourth-order valence-electron chi connectivity index (χ4n) is 2.22. The van der Waals surface area contributed by atoms with Gasteiger partial charge in [0, 0.05) is 12.1 Å². The van der Waals surface area contributed by atoms with Gasteiger partial charge in [-0.15, -0.1) is 0 Å². The van der Waals surface area contributed by atoms with E-state index in [1.165, 1.54) is 0 Å². The average molecular weight is 270 g/mol. The van der Waals surface area contributed by atoms with Gasteiger partial charge in [0.1, 0.15) is 0 Å². The van der Waals surface area contributed by atoms with E-state index in [4.69, 9.17) is 5.11 Å². The van der Waals surface area contributed by atoms with E-state index in [0.717, 1.165) is 6.42 Å². The minimum atomic E-state index is -0.888. The Labute approximate surface area is 115 Å². The van der Waals surface area contributed by atoms with Crippen LogP contribution in [0.2, 0.25) is 0 Å². The van der Waals surface area contributed by atoms with E-state index in [1.807, 2.05) is 20.8 Å². The van der Waals surface area contributed by atoms with Crippen LogP contribution in [-0.2, 0) is 4.79 Å². The van der Waals surface area contributed by atoms with Crippen molar-refractivity contribution in [3.8, 4) is 0 Å². The molecule has 0 heterocycles. The molecule has 2 atom stereocenters. The third-order valence-electron chi connectivity index (χ3n) is 3.43. The molecular weight excluding hydrogens is 244 g/mol. The summed E-state index contributed by atoms with van der Waals surface area (Å²) in [6.07, 6.45) is 1.57. The summed E-state index contributed by atoms with van der Waals surface area (Å²) >= 11 is 0. The molecule has 1 aliphatic carbocycles. The highest BCUT2D eigenvalue weighted by Gasteiger charge is 2.46. The molecule has 3 N–H and O–H groups in total. The number of hydrogen-bond acceptors (Lipinski definition) is 2. The van der Waals surface area contributed by atoms with Crippen LogP contribution in [0.25, 0.3) is 0 Å². The van der Waals surface area contributed by atoms with Crippen LogP contribution in [0.5, 0.6) is 0 Å². The van der Waals surface area contributed by atoms with Crippen LogP contribution in [0.1, 0.15) is 53.9 Å². The molecule has 0 saturated heterocycles. The number of carboxylic acids is 1. The van der Waals surface area contributed by atoms with Gasteiger partial charge in [0.25, 0.3) is 0 Å². The summed E-state index contributed by atoms with van der Waals surface area (Å²) in [5.74, 6) is -0.888. The van der Waals surface area contributed by atoms with Gasteiger partial charge >= 0.3 is 12.0 Å². The number of aliphatic carboxylic acids is 1. The monoisotopic (exact) mass is 270 g/mol. The SMILES string of the molecule is CC(C)(C)CC(CC(=O)O)NC(=O)NC1CC1(C)C. The van der Waals surface area contributed by atoms with Gasteiger partial charge in [-0.3, -0.25) is 4.79 Å². The number of carbonyl (C=O) groups excluding carboxylic acids is 1. The van der Waals surface area contributed by atoms with Gasteiger partial charge in [-0.05, 0) is 23.7 Å². The molecule has 0 aliphatic heterocycles. The third kappa shape index (κ3) is 5.94. The van der Waals surface area contributed by atoms with Crippen molar-refractivity contribution in [3.63, 3.8) is 0 Å². The zero-order valence-electron chi connectivity index (χ0n) is 12.5. The second-order valence-corrected chi connectivity index (χ2v) is 7.42. The van der Waals surface area contributed by atoms with Crippen LogP contribution in [-0.4, -0.2) is 29.2 Å². The summed E-state index contributed by atoms with van der Waals surface area (Å²) in [7, 11) is 0. The van der Waals surface area contributed by atoms with E-state index >= 15 is 0 Å². The topological polar surface area (TPSA) is 78.4 Å². The quantitative estimate of drug-likeness (QED) is 0.717. The van der Waals surface area contributed by atoms with E-state index in [9.17, 15) is 9.59 Å². The van der Waals surface area contributed by atoms with Gasteiger partial charge in [0.2, 0.25) is 0 Å². The number of carboxylic acid groups (broad SMARTS) is 1. The molecule has 19 heavy (non-hydrogen) atoms. The predicted molar refractivity (Wildman–Crippen MR) is 74.0 cm³/mol. The van der Waals surface area contributed by atoms with E-state index in [-0.39, 0.29) is 35.4 Å². The molecule has 110 valence electrons. The van der Waals surface area contributed by atoms with Crippen molar-refractivity contribution in [2.45, 2.75) is 66.0 Å². The normalized spacial score (nSPS) is 22.5. The van der Waals surface area contributed by atoms with Crippen molar-refractivity contribution >= 4 is 12.0 Å². The molecule has 0 bridgehead atoms. The van der Waals surface area contributed by atoms with Gasteiger partial charge in [0.05, 0.1) is 6.42 Å². The Hall–Kier alpha value is -1.26. The predicted octanol–water partition coefficient (Wildman–Crippen LogP) is 2.36. The molecule has 0 aromatic carbocycles. The van der Waals surface area contributed by atoms with Crippen LogP contribution in [0.3, 0.4) is 0 Å². The lowest BCUT2D eigenvalue weighted by Crippen LogP contribution is -2.45. The van der Waals surface area contributed by atoms with Gasteiger partial charge in [-0.1, -0.05) is 34.6 Å². The first-order chi connectivity index (χ1) is 8.49. The Kier molecular flexibility index (Phi) is 4.48.